The molecule has 0 atom stereocenters. The molecule has 0 aromatic heterocycles. The number of rotatable bonds is 3. The van der Waals surface area contributed by atoms with Gasteiger partial charge in [-0.1, -0.05) is 28.1 Å². The van der Waals surface area contributed by atoms with Crippen LogP contribution in [0.25, 0.3) is 0 Å². The molecule has 2 nitrogen and oxygen atoms in total. The molecule has 0 aliphatic carbocycles. The molecule has 0 spiro atoms. The maximum atomic E-state index is 12.2. The molecule has 0 fully saturated rings. The molecule has 16 heavy (non-hydrogen) atoms. The molecule has 4 heteroatoms. The summed E-state index contributed by atoms with van der Waals surface area (Å²) in [6, 6.07) is 8.10. The Hall–Kier alpha value is -0.900. The minimum absolute atomic E-state index is 0.336. The first-order valence-electron chi connectivity index (χ1n) is 5.44. The average Bonchev–Trinajstić information content (AvgIpc) is 2.31. The molecule has 86 valence electrons. The third-order valence-corrected chi connectivity index (χ3v) is 3.14. The summed E-state index contributed by atoms with van der Waals surface area (Å²) >= 11 is 3.41. The fraction of sp³-hybridized carbons (Fsp3) is 0.417. The quantitative estimate of drug-likeness (QED) is 0.832. The Bertz CT molecular complexity index is 375. The number of hydrogen-bond acceptors (Lipinski definition) is 2. The van der Waals surface area contributed by atoms with Crippen LogP contribution in [-0.2, 0) is 0 Å². The summed E-state index contributed by atoms with van der Waals surface area (Å²) in [4.78, 5) is 0. The summed E-state index contributed by atoms with van der Waals surface area (Å²) in [5, 5.41) is 6.29. The smallest absolute Gasteiger partial charge is 0.109 e. The standard InChI is InChI=1S/C12H14BrFN2/c13-11-5-3-10(4-6-11)12-2-1-8-16(15-12)9-7-14/h3-6H,1-2,7-9H2. The highest BCUT2D eigenvalue weighted by Gasteiger charge is 2.13. The van der Waals surface area contributed by atoms with E-state index in [0.717, 1.165) is 35.1 Å². The molecule has 0 N–H and O–H groups in total. The van der Waals surface area contributed by atoms with Crippen molar-refractivity contribution in [3.05, 3.63) is 34.3 Å². The van der Waals surface area contributed by atoms with Crippen molar-refractivity contribution in [2.24, 2.45) is 5.10 Å². The molecule has 1 aromatic rings. The maximum absolute atomic E-state index is 12.2. The normalized spacial score (nSPS) is 16.1. The average molecular weight is 285 g/mol. The van der Waals surface area contributed by atoms with Crippen LogP contribution < -0.4 is 0 Å². The summed E-state index contributed by atoms with van der Waals surface area (Å²) < 4.78 is 13.3. The summed E-state index contributed by atoms with van der Waals surface area (Å²) in [5.74, 6) is 0. The Labute approximate surface area is 103 Å². The maximum Gasteiger partial charge on any atom is 0.109 e. The number of halogens is 2. The van der Waals surface area contributed by atoms with E-state index in [1.54, 1.807) is 0 Å². The molecule has 0 unspecified atom stereocenters. The SMILES string of the molecule is FCCN1CCCC(c2ccc(Br)cc2)=N1. The van der Waals surface area contributed by atoms with Crippen molar-refractivity contribution >= 4 is 21.6 Å². The van der Waals surface area contributed by atoms with Crippen LogP contribution in [0.5, 0.6) is 0 Å². The summed E-state index contributed by atoms with van der Waals surface area (Å²) in [5.41, 5.74) is 2.19. The lowest BCUT2D eigenvalue weighted by Gasteiger charge is -2.24. The fourth-order valence-corrected chi connectivity index (χ4v) is 2.07. The third-order valence-electron chi connectivity index (χ3n) is 2.61. The first-order chi connectivity index (χ1) is 7.79. The molecular formula is C12H14BrFN2. The predicted molar refractivity (Wildman–Crippen MR) is 67.5 cm³/mol. The van der Waals surface area contributed by atoms with Crippen molar-refractivity contribution in [2.45, 2.75) is 12.8 Å². The zero-order valence-electron chi connectivity index (χ0n) is 9.00. The van der Waals surface area contributed by atoms with Crippen LogP contribution in [0.2, 0.25) is 0 Å². The van der Waals surface area contributed by atoms with Crippen LogP contribution in [0.3, 0.4) is 0 Å². The van der Waals surface area contributed by atoms with Crippen molar-refractivity contribution < 1.29 is 4.39 Å². The van der Waals surface area contributed by atoms with Crippen LogP contribution in [0, 0.1) is 0 Å². The molecule has 2 rings (SSSR count). The summed E-state index contributed by atoms with van der Waals surface area (Å²) in [6.07, 6.45) is 2.03. The Balaban J connectivity index is 2.16. The van der Waals surface area contributed by atoms with Gasteiger partial charge in [0, 0.05) is 11.0 Å². The van der Waals surface area contributed by atoms with E-state index < -0.39 is 0 Å². The molecule has 1 heterocycles. The largest absolute Gasteiger partial charge is 0.294 e. The third kappa shape index (κ3) is 2.82. The highest BCUT2D eigenvalue weighted by molar-refractivity contribution is 9.10. The predicted octanol–water partition coefficient (Wildman–Crippen LogP) is 3.22. The van der Waals surface area contributed by atoms with Gasteiger partial charge in [-0.2, -0.15) is 5.10 Å². The minimum Gasteiger partial charge on any atom is -0.294 e. The van der Waals surface area contributed by atoms with Crippen LogP contribution in [0.15, 0.2) is 33.8 Å². The van der Waals surface area contributed by atoms with E-state index in [0.29, 0.717) is 6.54 Å². The Morgan fingerprint density at radius 3 is 2.75 bits per heavy atom. The second kappa shape index (κ2) is 5.43. The van der Waals surface area contributed by atoms with Crippen molar-refractivity contribution in [3.63, 3.8) is 0 Å². The number of nitrogens with zero attached hydrogens (tertiary/aromatic N) is 2. The van der Waals surface area contributed by atoms with Gasteiger partial charge in [0.2, 0.25) is 0 Å². The second-order valence-electron chi connectivity index (χ2n) is 3.80. The van der Waals surface area contributed by atoms with Gasteiger partial charge in [-0.05, 0) is 30.5 Å². The van der Waals surface area contributed by atoms with Crippen LogP contribution in [0.4, 0.5) is 4.39 Å². The molecule has 0 saturated carbocycles. The molecule has 0 radical (unpaired) electrons. The zero-order chi connectivity index (χ0) is 11.4. The van der Waals surface area contributed by atoms with Gasteiger partial charge in [-0.25, -0.2) is 4.39 Å². The Morgan fingerprint density at radius 1 is 1.31 bits per heavy atom. The molecule has 0 bridgehead atoms. The van der Waals surface area contributed by atoms with Crippen LogP contribution in [0.1, 0.15) is 18.4 Å². The number of alkyl halides is 1. The van der Waals surface area contributed by atoms with Crippen LogP contribution >= 0.6 is 15.9 Å². The minimum atomic E-state index is -0.336. The number of hydrazone groups is 1. The fourth-order valence-electron chi connectivity index (χ4n) is 1.80. The zero-order valence-corrected chi connectivity index (χ0v) is 10.6. The van der Waals surface area contributed by atoms with Gasteiger partial charge in [0.15, 0.2) is 0 Å². The van der Waals surface area contributed by atoms with Gasteiger partial charge < -0.3 is 0 Å². The Kier molecular flexibility index (Phi) is 3.93. The Morgan fingerprint density at radius 2 is 2.06 bits per heavy atom. The van der Waals surface area contributed by atoms with Crippen molar-refractivity contribution in [1.29, 1.82) is 0 Å². The van der Waals surface area contributed by atoms with E-state index in [1.807, 2.05) is 29.3 Å². The molecule has 1 aromatic carbocycles. The van der Waals surface area contributed by atoms with E-state index >= 15 is 0 Å². The molecular weight excluding hydrogens is 271 g/mol. The second-order valence-corrected chi connectivity index (χ2v) is 4.72. The van der Waals surface area contributed by atoms with Gasteiger partial charge >= 0.3 is 0 Å². The number of hydrogen-bond donors (Lipinski definition) is 0. The van der Waals surface area contributed by atoms with Crippen molar-refractivity contribution in [3.8, 4) is 0 Å². The van der Waals surface area contributed by atoms with E-state index in [1.165, 1.54) is 0 Å². The van der Waals surface area contributed by atoms with E-state index in [4.69, 9.17) is 0 Å². The van der Waals surface area contributed by atoms with Gasteiger partial charge in [-0.3, -0.25) is 5.01 Å². The van der Waals surface area contributed by atoms with E-state index in [-0.39, 0.29) is 6.67 Å². The number of benzene rings is 1. The lowest BCUT2D eigenvalue weighted by Crippen LogP contribution is -2.28. The lowest BCUT2D eigenvalue weighted by molar-refractivity contribution is 0.247. The highest BCUT2D eigenvalue weighted by Crippen LogP contribution is 2.16. The van der Waals surface area contributed by atoms with Gasteiger partial charge in [0.1, 0.15) is 6.67 Å². The molecule has 1 aliphatic rings. The molecule has 0 amide bonds. The van der Waals surface area contributed by atoms with Crippen molar-refractivity contribution in [1.82, 2.24) is 5.01 Å². The molecule has 1 aliphatic heterocycles. The van der Waals surface area contributed by atoms with Crippen molar-refractivity contribution in [2.75, 3.05) is 19.8 Å². The summed E-state index contributed by atoms with van der Waals surface area (Å²) in [7, 11) is 0. The monoisotopic (exact) mass is 284 g/mol. The van der Waals surface area contributed by atoms with Gasteiger partial charge in [0.25, 0.3) is 0 Å². The van der Waals surface area contributed by atoms with Gasteiger partial charge in [0.05, 0.1) is 12.3 Å². The van der Waals surface area contributed by atoms with E-state index in [2.05, 4.69) is 21.0 Å². The topological polar surface area (TPSA) is 15.6 Å². The molecule has 0 saturated heterocycles. The first kappa shape index (κ1) is 11.6. The van der Waals surface area contributed by atoms with Crippen LogP contribution in [-0.4, -0.2) is 30.5 Å². The van der Waals surface area contributed by atoms with Gasteiger partial charge in [-0.15, -0.1) is 0 Å². The summed E-state index contributed by atoms with van der Waals surface area (Å²) in [6.45, 7) is 0.932. The first-order valence-corrected chi connectivity index (χ1v) is 6.23. The highest BCUT2D eigenvalue weighted by atomic mass is 79.9. The lowest BCUT2D eigenvalue weighted by atomic mass is 10.0. The van der Waals surface area contributed by atoms with E-state index in [9.17, 15) is 4.39 Å².